The van der Waals surface area contributed by atoms with Gasteiger partial charge in [0.15, 0.2) is 0 Å². The molecule has 0 saturated heterocycles. The molecule has 2 N–H and O–H groups in total. The van der Waals surface area contributed by atoms with Crippen LogP contribution >= 0.6 is 0 Å². The van der Waals surface area contributed by atoms with Crippen LogP contribution in [0, 0.1) is 5.92 Å². The Morgan fingerprint density at radius 1 is 1.20 bits per heavy atom. The number of carbonyl (C=O) groups excluding carboxylic acids is 1. The van der Waals surface area contributed by atoms with Crippen LogP contribution in [0.1, 0.15) is 38.8 Å². The Kier molecular flexibility index (Phi) is 6.02. The van der Waals surface area contributed by atoms with Crippen molar-refractivity contribution in [3.05, 3.63) is 29.8 Å². The van der Waals surface area contributed by atoms with E-state index in [9.17, 15) is 9.90 Å². The number of nitrogens with zero attached hydrogens (tertiary/aromatic N) is 1. The standard InChI is InChI=1S/C16H26N2O2/c1-11(2)10-15(16(20)18(4)5)17-12(3)13-6-8-14(19)9-7-13/h6-9,11-12,15,17,19H,10H2,1-5H3. The van der Waals surface area contributed by atoms with Crippen molar-refractivity contribution in [3.63, 3.8) is 0 Å². The molecule has 1 aromatic carbocycles. The first-order valence-electron chi connectivity index (χ1n) is 7.07. The summed E-state index contributed by atoms with van der Waals surface area (Å²) < 4.78 is 0. The predicted molar refractivity (Wildman–Crippen MR) is 81.6 cm³/mol. The van der Waals surface area contributed by atoms with Crippen LogP contribution in [0.2, 0.25) is 0 Å². The third-order valence-corrected chi connectivity index (χ3v) is 3.29. The van der Waals surface area contributed by atoms with E-state index in [1.54, 1.807) is 31.1 Å². The van der Waals surface area contributed by atoms with E-state index in [0.717, 1.165) is 12.0 Å². The van der Waals surface area contributed by atoms with Crippen molar-refractivity contribution in [2.45, 2.75) is 39.3 Å². The van der Waals surface area contributed by atoms with Gasteiger partial charge >= 0.3 is 0 Å². The molecule has 1 amide bonds. The normalized spacial score (nSPS) is 14.1. The zero-order chi connectivity index (χ0) is 15.3. The lowest BCUT2D eigenvalue weighted by Crippen LogP contribution is -2.45. The van der Waals surface area contributed by atoms with Crippen LogP contribution in [-0.4, -0.2) is 36.1 Å². The summed E-state index contributed by atoms with van der Waals surface area (Å²) >= 11 is 0. The third kappa shape index (κ3) is 4.85. The van der Waals surface area contributed by atoms with E-state index < -0.39 is 0 Å². The first-order valence-corrected chi connectivity index (χ1v) is 7.07. The molecule has 0 bridgehead atoms. The average molecular weight is 278 g/mol. The van der Waals surface area contributed by atoms with Crippen LogP contribution in [0.3, 0.4) is 0 Å². The second-order valence-corrected chi connectivity index (χ2v) is 5.89. The molecule has 0 fully saturated rings. The molecule has 1 rings (SSSR count). The van der Waals surface area contributed by atoms with Crippen LogP contribution in [0.15, 0.2) is 24.3 Å². The number of benzene rings is 1. The molecule has 0 aromatic heterocycles. The molecule has 1 aromatic rings. The number of aromatic hydroxyl groups is 1. The number of likely N-dealkylation sites (N-methyl/N-ethyl adjacent to an activating group) is 1. The van der Waals surface area contributed by atoms with Gasteiger partial charge in [-0.1, -0.05) is 26.0 Å². The Morgan fingerprint density at radius 2 is 1.75 bits per heavy atom. The van der Waals surface area contributed by atoms with Gasteiger partial charge in [-0.2, -0.15) is 0 Å². The lowest BCUT2D eigenvalue weighted by molar-refractivity contribution is -0.131. The van der Waals surface area contributed by atoms with E-state index in [1.807, 2.05) is 19.1 Å². The Labute approximate surface area is 121 Å². The summed E-state index contributed by atoms with van der Waals surface area (Å²) in [6, 6.07) is 6.95. The van der Waals surface area contributed by atoms with E-state index in [0.29, 0.717) is 5.92 Å². The van der Waals surface area contributed by atoms with Gasteiger partial charge in [0.1, 0.15) is 5.75 Å². The summed E-state index contributed by atoms with van der Waals surface area (Å²) in [7, 11) is 3.56. The molecule has 112 valence electrons. The SMILES string of the molecule is CC(C)CC(NC(C)c1ccc(O)cc1)C(=O)N(C)C. The van der Waals surface area contributed by atoms with Gasteiger partial charge < -0.3 is 10.0 Å². The molecule has 0 aliphatic carbocycles. The van der Waals surface area contributed by atoms with Gasteiger partial charge in [-0.3, -0.25) is 10.1 Å². The van der Waals surface area contributed by atoms with Crippen LogP contribution in [0.4, 0.5) is 0 Å². The first kappa shape index (κ1) is 16.5. The maximum Gasteiger partial charge on any atom is 0.239 e. The summed E-state index contributed by atoms with van der Waals surface area (Å²) in [6.07, 6.45) is 0.805. The summed E-state index contributed by atoms with van der Waals surface area (Å²) in [4.78, 5) is 13.9. The highest BCUT2D eigenvalue weighted by Crippen LogP contribution is 2.18. The number of phenolic OH excluding ortho intramolecular Hbond substituents is 1. The summed E-state index contributed by atoms with van der Waals surface area (Å²) in [5.74, 6) is 0.803. The zero-order valence-electron chi connectivity index (χ0n) is 13.1. The molecule has 0 spiro atoms. The maximum atomic E-state index is 12.2. The van der Waals surface area contributed by atoms with Crippen molar-refractivity contribution in [2.75, 3.05) is 14.1 Å². The highest BCUT2D eigenvalue weighted by Gasteiger charge is 2.23. The largest absolute Gasteiger partial charge is 0.508 e. The fourth-order valence-corrected chi connectivity index (χ4v) is 2.18. The van der Waals surface area contributed by atoms with E-state index in [-0.39, 0.29) is 23.7 Å². The van der Waals surface area contributed by atoms with Gasteiger partial charge in [-0.25, -0.2) is 0 Å². The Hall–Kier alpha value is -1.55. The van der Waals surface area contributed by atoms with E-state index >= 15 is 0 Å². The second kappa shape index (κ2) is 7.29. The molecule has 0 aliphatic heterocycles. The van der Waals surface area contributed by atoms with Crippen molar-refractivity contribution in [3.8, 4) is 5.75 Å². The topological polar surface area (TPSA) is 52.6 Å². The molecular weight excluding hydrogens is 252 g/mol. The fourth-order valence-electron chi connectivity index (χ4n) is 2.18. The number of phenols is 1. The van der Waals surface area contributed by atoms with E-state index in [4.69, 9.17) is 0 Å². The van der Waals surface area contributed by atoms with Gasteiger partial charge in [0.2, 0.25) is 5.91 Å². The van der Waals surface area contributed by atoms with E-state index in [1.165, 1.54) is 0 Å². The number of hydrogen-bond donors (Lipinski definition) is 2. The minimum Gasteiger partial charge on any atom is -0.508 e. The molecular formula is C16H26N2O2. The van der Waals surface area contributed by atoms with Crippen LogP contribution in [0.5, 0.6) is 5.75 Å². The smallest absolute Gasteiger partial charge is 0.239 e. The fraction of sp³-hybridized carbons (Fsp3) is 0.562. The van der Waals surface area contributed by atoms with Gasteiger partial charge in [0, 0.05) is 20.1 Å². The Bertz CT molecular complexity index is 427. The lowest BCUT2D eigenvalue weighted by Gasteiger charge is -2.26. The molecule has 2 unspecified atom stereocenters. The molecule has 20 heavy (non-hydrogen) atoms. The molecule has 0 heterocycles. The van der Waals surface area contributed by atoms with Crippen molar-refractivity contribution in [1.82, 2.24) is 10.2 Å². The first-order chi connectivity index (χ1) is 9.31. The van der Waals surface area contributed by atoms with Gasteiger partial charge in [0.05, 0.1) is 6.04 Å². The maximum absolute atomic E-state index is 12.2. The number of nitrogens with one attached hydrogen (secondary N) is 1. The minimum atomic E-state index is -0.186. The van der Waals surface area contributed by atoms with Crippen molar-refractivity contribution in [2.24, 2.45) is 5.92 Å². The molecule has 0 saturated carbocycles. The van der Waals surface area contributed by atoms with Crippen LogP contribution < -0.4 is 5.32 Å². The number of carbonyl (C=O) groups is 1. The van der Waals surface area contributed by atoms with Crippen molar-refractivity contribution < 1.29 is 9.90 Å². The minimum absolute atomic E-state index is 0.0586. The van der Waals surface area contributed by atoms with Crippen molar-refractivity contribution in [1.29, 1.82) is 0 Å². The average Bonchev–Trinajstić information content (AvgIpc) is 2.37. The Balaban J connectivity index is 2.78. The van der Waals surface area contributed by atoms with Crippen LogP contribution in [-0.2, 0) is 4.79 Å². The quantitative estimate of drug-likeness (QED) is 0.841. The van der Waals surface area contributed by atoms with Gasteiger partial charge in [0.25, 0.3) is 0 Å². The number of amides is 1. The lowest BCUT2D eigenvalue weighted by atomic mass is 10.00. The molecule has 4 nitrogen and oxygen atoms in total. The summed E-state index contributed by atoms with van der Waals surface area (Å²) in [5, 5.41) is 12.7. The molecule has 4 heteroatoms. The van der Waals surface area contributed by atoms with Gasteiger partial charge in [-0.15, -0.1) is 0 Å². The molecule has 0 radical (unpaired) electrons. The van der Waals surface area contributed by atoms with Gasteiger partial charge in [-0.05, 0) is 37.0 Å². The monoisotopic (exact) mass is 278 g/mol. The van der Waals surface area contributed by atoms with Crippen LogP contribution in [0.25, 0.3) is 0 Å². The number of hydrogen-bond acceptors (Lipinski definition) is 3. The highest BCUT2D eigenvalue weighted by atomic mass is 16.3. The van der Waals surface area contributed by atoms with Crippen molar-refractivity contribution >= 4 is 5.91 Å². The number of rotatable bonds is 6. The Morgan fingerprint density at radius 3 is 2.20 bits per heavy atom. The van der Waals surface area contributed by atoms with E-state index in [2.05, 4.69) is 19.2 Å². The molecule has 2 atom stereocenters. The highest BCUT2D eigenvalue weighted by molar-refractivity contribution is 5.81. The molecule has 0 aliphatic rings. The zero-order valence-corrected chi connectivity index (χ0v) is 13.1. The third-order valence-electron chi connectivity index (χ3n) is 3.29. The summed E-state index contributed by atoms with van der Waals surface area (Å²) in [6.45, 7) is 6.26. The summed E-state index contributed by atoms with van der Waals surface area (Å²) in [5.41, 5.74) is 1.06. The second-order valence-electron chi connectivity index (χ2n) is 5.89. The predicted octanol–water partition coefficient (Wildman–Crippen LogP) is 2.55.